The normalized spacial score (nSPS) is 14.9. The van der Waals surface area contributed by atoms with Crippen LogP contribution in [-0.4, -0.2) is 50.0 Å². The number of benzene rings is 1. The Morgan fingerprint density at radius 2 is 2.03 bits per heavy atom. The van der Waals surface area contributed by atoms with E-state index in [0.29, 0.717) is 41.1 Å². The predicted octanol–water partition coefficient (Wildman–Crippen LogP) is 2.54. The number of amides is 1. The molecule has 1 aromatic carbocycles. The summed E-state index contributed by atoms with van der Waals surface area (Å²) in [6.45, 7) is 2.96. The molecule has 1 saturated heterocycles. The van der Waals surface area contributed by atoms with E-state index in [1.54, 1.807) is 25.4 Å². The number of hydrogen-bond donors (Lipinski definition) is 3. The Morgan fingerprint density at radius 1 is 1.28 bits per heavy atom. The minimum Gasteiger partial charge on any atom is -0.505 e. The van der Waals surface area contributed by atoms with E-state index in [0.717, 1.165) is 12.8 Å². The minimum absolute atomic E-state index is 0.0839. The van der Waals surface area contributed by atoms with Gasteiger partial charge in [-0.3, -0.25) is 4.79 Å². The van der Waals surface area contributed by atoms with Gasteiger partial charge in [-0.05, 0) is 30.5 Å². The molecule has 0 spiro atoms. The lowest BCUT2D eigenvalue weighted by Gasteiger charge is -2.31. The molecule has 9 heteroatoms. The van der Waals surface area contributed by atoms with Crippen LogP contribution in [0, 0.1) is 5.82 Å². The molecule has 1 amide bonds. The molecule has 2 aromatic heterocycles. The zero-order valence-corrected chi connectivity index (χ0v) is 15.9. The van der Waals surface area contributed by atoms with E-state index in [2.05, 4.69) is 20.3 Å². The summed E-state index contributed by atoms with van der Waals surface area (Å²) in [7, 11) is 0. The molecule has 1 aliphatic heterocycles. The van der Waals surface area contributed by atoms with E-state index in [1.165, 1.54) is 12.1 Å². The zero-order chi connectivity index (χ0) is 20.5. The Labute approximate surface area is 166 Å². The summed E-state index contributed by atoms with van der Waals surface area (Å²) < 4.78 is 13.4. The van der Waals surface area contributed by atoms with Gasteiger partial charge in [0.05, 0.1) is 10.9 Å². The zero-order valence-electron chi connectivity index (χ0n) is 15.9. The first-order valence-corrected chi connectivity index (χ1v) is 9.34. The number of carbonyl (C=O) groups excluding carboxylic acids is 1. The lowest BCUT2D eigenvalue weighted by molar-refractivity contribution is -0.129. The van der Waals surface area contributed by atoms with Crippen molar-refractivity contribution in [2.24, 2.45) is 0 Å². The van der Waals surface area contributed by atoms with Crippen molar-refractivity contribution >= 4 is 28.6 Å². The Balaban J connectivity index is 1.66. The van der Waals surface area contributed by atoms with Gasteiger partial charge in [-0.15, -0.1) is 0 Å². The van der Waals surface area contributed by atoms with Crippen LogP contribution in [0.4, 0.5) is 16.2 Å². The van der Waals surface area contributed by atoms with Gasteiger partial charge in [0.15, 0.2) is 11.6 Å². The first-order chi connectivity index (χ1) is 13.9. The number of piperidine rings is 1. The highest BCUT2D eigenvalue weighted by Gasteiger charge is 2.21. The topological polar surface area (TPSA) is 117 Å². The molecule has 0 bridgehead atoms. The van der Waals surface area contributed by atoms with Gasteiger partial charge in [-0.2, -0.15) is 0 Å². The molecule has 0 saturated carbocycles. The van der Waals surface area contributed by atoms with Gasteiger partial charge >= 0.3 is 0 Å². The Bertz CT molecular complexity index is 1080. The van der Waals surface area contributed by atoms with E-state index in [1.807, 2.05) is 4.90 Å². The third-order valence-electron chi connectivity index (χ3n) is 5.18. The van der Waals surface area contributed by atoms with Crippen LogP contribution in [0.15, 0.2) is 30.6 Å². The molecular formula is C20H21FN6O2. The second kappa shape index (κ2) is 7.50. The number of nitrogens with two attached hydrogens (primary N) is 1. The fraction of sp³-hybridized carbons (Fsp3) is 0.300. The number of nitrogens with one attached hydrogen (secondary N) is 1. The van der Waals surface area contributed by atoms with Crippen molar-refractivity contribution in [1.82, 2.24) is 19.9 Å². The maximum Gasteiger partial charge on any atom is 0.223 e. The first-order valence-electron chi connectivity index (χ1n) is 9.34. The van der Waals surface area contributed by atoms with Crippen LogP contribution < -0.4 is 11.1 Å². The van der Waals surface area contributed by atoms with Crippen LogP contribution in [-0.2, 0) is 4.79 Å². The number of likely N-dealkylation sites (tertiary alicyclic amines) is 1. The van der Waals surface area contributed by atoms with Crippen molar-refractivity contribution < 1.29 is 14.3 Å². The molecule has 1 fully saturated rings. The first kappa shape index (κ1) is 18.9. The third-order valence-corrected chi connectivity index (χ3v) is 5.18. The van der Waals surface area contributed by atoms with Crippen molar-refractivity contribution in [3.05, 3.63) is 36.4 Å². The minimum atomic E-state index is -0.699. The number of nitrogens with zero attached hydrogens (tertiary/aromatic N) is 4. The van der Waals surface area contributed by atoms with Crippen molar-refractivity contribution in [3.63, 3.8) is 0 Å². The van der Waals surface area contributed by atoms with Crippen LogP contribution in [0.25, 0.3) is 22.0 Å². The molecule has 0 atom stereocenters. The summed E-state index contributed by atoms with van der Waals surface area (Å²) in [5.41, 5.74) is 7.72. The molecule has 8 nitrogen and oxygen atoms in total. The van der Waals surface area contributed by atoms with Crippen LogP contribution in [0.3, 0.4) is 0 Å². The number of hydrogen-bond acceptors (Lipinski definition) is 7. The molecule has 0 radical (unpaired) electrons. The number of pyridine rings is 1. The van der Waals surface area contributed by atoms with E-state index >= 15 is 0 Å². The van der Waals surface area contributed by atoms with E-state index in [9.17, 15) is 14.3 Å². The number of halogens is 1. The molecule has 0 aliphatic carbocycles. The van der Waals surface area contributed by atoms with Crippen LogP contribution in [0.2, 0.25) is 0 Å². The van der Waals surface area contributed by atoms with Gasteiger partial charge < -0.3 is 21.1 Å². The number of phenols is 1. The highest BCUT2D eigenvalue weighted by Crippen LogP contribution is 2.32. The maximum atomic E-state index is 13.4. The molecule has 1 aliphatic rings. The summed E-state index contributed by atoms with van der Waals surface area (Å²) in [6.07, 6.45) is 4.76. The molecule has 3 aromatic rings. The van der Waals surface area contributed by atoms with E-state index in [-0.39, 0.29) is 17.8 Å². The third kappa shape index (κ3) is 3.75. The number of rotatable bonds is 3. The van der Waals surface area contributed by atoms with Crippen molar-refractivity contribution in [2.45, 2.75) is 25.8 Å². The lowest BCUT2D eigenvalue weighted by atomic mass is 10.0. The van der Waals surface area contributed by atoms with Gasteiger partial charge in [0.2, 0.25) is 11.9 Å². The molecule has 4 N–H and O–H groups in total. The largest absolute Gasteiger partial charge is 0.505 e. The summed E-state index contributed by atoms with van der Waals surface area (Å²) in [4.78, 5) is 26.4. The number of phenolic OH excluding ortho intramolecular Hbond substituents is 1. The SMILES string of the molecule is CC(=O)N1CCC(Nc2ncc3c(N)ncc(-c4ccc(F)c(O)c4)c3n2)CC1. The van der Waals surface area contributed by atoms with Gasteiger partial charge in [0.1, 0.15) is 5.82 Å². The Hall–Kier alpha value is -3.49. The molecule has 0 unspecified atom stereocenters. The molecule has 4 rings (SSSR count). The molecular weight excluding hydrogens is 375 g/mol. The average Bonchev–Trinajstić information content (AvgIpc) is 2.71. The van der Waals surface area contributed by atoms with Crippen LogP contribution in [0.1, 0.15) is 19.8 Å². The molecule has 3 heterocycles. The second-order valence-electron chi connectivity index (χ2n) is 7.10. The average molecular weight is 396 g/mol. The number of nitrogen functional groups attached to an aromatic ring is 1. The quantitative estimate of drug-likeness (QED) is 0.623. The fourth-order valence-electron chi connectivity index (χ4n) is 3.52. The Morgan fingerprint density at radius 3 is 2.72 bits per heavy atom. The standard InChI is InChI=1S/C20H21FN6O2/c1-11(28)27-6-4-13(5-7-27)25-20-24-10-15-18(26-20)14(9-23-19(15)22)12-2-3-16(21)17(29)8-12/h2-3,8-10,13,29H,4-7H2,1H3,(H2,22,23)(H,24,25,26). The summed E-state index contributed by atoms with van der Waals surface area (Å²) in [6, 6.07) is 4.22. The van der Waals surface area contributed by atoms with E-state index < -0.39 is 11.6 Å². The van der Waals surface area contributed by atoms with Crippen LogP contribution >= 0.6 is 0 Å². The number of carbonyl (C=O) groups is 1. The van der Waals surface area contributed by atoms with Gasteiger partial charge in [-0.1, -0.05) is 6.07 Å². The number of anilines is 2. The summed E-state index contributed by atoms with van der Waals surface area (Å²) in [5, 5.41) is 13.6. The second-order valence-corrected chi connectivity index (χ2v) is 7.10. The molecule has 29 heavy (non-hydrogen) atoms. The molecule has 150 valence electrons. The summed E-state index contributed by atoms with van der Waals surface area (Å²) >= 11 is 0. The number of aromatic nitrogens is 3. The van der Waals surface area contributed by atoms with Crippen molar-refractivity contribution in [1.29, 1.82) is 0 Å². The monoisotopic (exact) mass is 396 g/mol. The lowest BCUT2D eigenvalue weighted by Crippen LogP contribution is -2.41. The number of aromatic hydroxyl groups is 1. The summed E-state index contributed by atoms with van der Waals surface area (Å²) in [5.74, 6) is -0.332. The highest BCUT2D eigenvalue weighted by molar-refractivity contribution is 5.98. The van der Waals surface area contributed by atoms with Gasteiger partial charge in [0.25, 0.3) is 0 Å². The fourth-order valence-corrected chi connectivity index (χ4v) is 3.52. The van der Waals surface area contributed by atoms with Gasteiger partial charge in [-0.25, -0.2) is 19.3 Å². The maximum absolute atomic E-state index is 13.4. The highest BCUT2D eigenvalue weighted by atomic mass is 19.1. The van der Waals surface area contributed by atoms with Crippen LogP contribution in [0.5, 0.6) is 5.75 Å². The van der Waals surface area contributed by atoms with E-state index in [4.69, 9.17) is 5.73 Å². The van der Waals surface area contributed by atoms with Crippen molar-refractivity contribution in [3.8, 4) is 16.9 Å². The van der Waals surface area contributed by atoms with Gasteiger partial charge in [0, 0.05) is 44.0 Å². The van der Waals surface area contributed by atoms with Crippen molar-refractivity contribution in [2.75, 3.05) is 24.1 Å². The Kier molecular flexibility index (Phi) is 4.87. The predicted molar refractivity (Wildman–Crippen MR) is 108 cm³/mol. The smallest absolute Gasteiger partial charge is 0.223 e. The number of fused-ring (bicyclic) bond motifs is 1.